The van der Waals surface area contributed by atoms with Crippen molar-refractivity contribution in [1.82, 2.24) is 52.5 Å². The van der Waals surface area contributed by atoms with E-state index in [-0.39, 0.29) is 49.9 Å². The van der Waals surface area contributed by atoms with Crippen LogP contribution in [0.25, 0.3) is 0 Å². The summed E-state index contributed by atoms with van der Waals surface area (Å²) in [6.45, 7) is 15.9. The number of H-pyrrole nitrogens is 1. The summed E-state index contributed by atoms with van der Waals surface area (Å²) < 4.78 is 0. The van der Waals surface area contributed by atoms with Gasteiger partial charge in [0, 0.05) is 31.2 Å². The fourth-order valence-corrected chi connectivity index (χ4v) is 7.98. The largest absolute Gasteiger partial charge is 0.481 e. The van der Waals surface area contributed by atoms with Crippen molar-refractivity contribution in [2.24, 2.45) is 35.1 Å². The predicted molar refractivity (Wildman–Crippen MR) is 282 cm³/mol. The number of aromatic nitrogens is 2. The van der Waals surface area contributed by atoms with Crippen LogP contribution in [0.1, 0.15) is 125 Å². The van der Waals surface area contributed by atoms with Gasteiger partial charge in [0.1, 0.15) is 48.3 Å². The van der Waals surface area contributed by atoms with Gasteiger partial charge in [0.05, 0.1) is 12.4 Å². The number of carbonyl (C=O) groups is 10. The average molecular weight is 1070 g/mol. The Balaban J connectivity index is 2.37. The number of unbranched alkanes of at least 4 members (excludes halogenated alkanes) is 1. The summed E-state index contributed by atoms with van der Waals surface area (Å²) in [5.41, 5.74) is 12.7. The SMILES string of the molecule is CC(C)C[C@H](NC(=O)[C@H](Cc1ccccc1)NC(=O)[C@H](Cc1cnc[nH]1)NC(=O)[C@@H](NC(=O)[C@H](CC(C)C)NC(=O)[C@H](CCC(=O)O)NC(=O)[C@H](C)NC(=O)[C@H](CC(C)C)NC(=O)[C@@H](N)CCCCN)C(C)C)C(=O)O. The van der Waals surface area contributed by atoms with Crippen LogP contribution in [-0.4, -0.2) is 140 Å². The van der Waals surface area contributed by atoms with E-state index in [9.17, 15) is 58.2 Å². The minimum Gasteiger partial charge on any atom is -0.481 e. The van der Waals surface area contributed by atoms with Crippen molar-refractivity contribution in [3.05, 3.63) is 54.1 Å². The lowest BCUT2D eigenvalue weighted by Gasteiger charge is -2.29. The number of rotatable bonds is 35. The molecule has 0 saturated carbocycles. The lowest BCUT2D eigenvalue weighted by atomic mass is 9.98. The van der Waals surface area contributed by atoms with Crippen LogP contribution in [0.5, 0.6) is 0 Å². The molecule has 0 radical (unpaired) electrons. The van der Waals surface area contributed by atoms with Crippen molar-refractivity contribution in [3.63, 3.8) is 0 Å². The third-order valence-electron chi connectivity index (χ3n) is 12.1. The minimum atomic E-state index is -1.52. The van der Waals surface area contributed by atoms with Crippen molar-refractivity contribution >= 4 is 59.2 Å². The molecule has 1 aromatic heterocycles. The van der Waals surface area contributed by atoms with Crippen LogP contribution in [0.3, 0.4) is 0 Å². The van der Waals surface area contributed by atoms with E-state index in [1.54, 1.807) is 71.9 Å². The molecule has 0 aliphatic rings. The van der Waals surface area contributed by atoms with Gasteiger partial charge in [-0.15, -0.1) is 0 Å². The van der Waals surface area contributed by atoms with Gasteiger partial charge < -0.3 is 69.2 Å². The van der Waals surface area contributed by atoms with Gasteiger partial charge in [-0.2, -0.15) is 0 Å². The first-order chi connectivity index (χ1) is 35.7. The van der Waals surface area contributed by atoms with Crippen molar-refractivity contribution < 1.29 is 58.2 Å². The summed E-state index contributed by atoms with van der Waals surface area (Å²) in [5.74, 6) is -9.80. The molecule has 0 fully saturated rings. The highest BCUT2D eigenvalue weighted by atomic mass is 16.4. The molecule has 1 aromatic carbocycles. The van der Waals surface area contributed by atoms with Gasteiger partial charge in [-0.1, -0.05) is 92.1 Å². The summed E-state index contributed by atoms with van der Waals surface area (Å²) in [4.78, 5) is 141. The molecular weight excluding hydrogens is 985 g/mol. The summed E-state index contributed by atoms with van der Waals surface area (Å²) in [5, 5.41) is 40.4. The number of aliphatic carboxylic acids is 2. The van der Waals surface area contributed by atoms with Gasteiger partial charge in [-0.25, -0.2) is 9.78 Å². The van der Waals surface area contributed by atoms with Crippen molar-refractivity contribution in [2.45, 2.75) is 181 Å². The molecule has 2 rings (SSSR count). The van der Waals surface area contributed by atoms with E-state index in [0.29, 0.717) is 37.1 Å². The van der Waals surface area contributed by atoms with Gasteiger partial charge in [-0.05, 0) is 81.2 Å². The maximum Gasteiger partial charge on any atom is 0.326 e. The van der Waals surface area contributed by atoms with Crippen molar-refractivity contribution in [3.8, 4) is 0 Å². The van der Waals surface area contributed by atoms with Crippen LogP contribution in [-0.2, 0) is 60.8 Å². The summed E-state index contributed by atoms with van der Waals surface area (Å²) in [6, 6.07) is -2.64. The molecule has 0 spiro atoms. The quantitative estimate of drug-likeness (QED) is 0.0413. The topological polar surface area (TPSA) is 388 Å². The van der Waals surface area contributed by atoms with Crippen LogP contribution >= 0.6 is 0 Å². The number of aromatic amines is 1. The van der Waals surface area contributed by atoms with Crippen LogP contribution in [0.4, 0.5) is 0 Å². The average Bonchev–Trinajstić information content (AvgIpc) is 3.86. The molecular formula is C52H84N12O12. The Hall–Kier alpha value is -6.95. The Morgan fingerprint density at radius 2 is 1.01 bits per heavy atom. The van der Waals surface area contributed by atoms with E-state index in [2.05, 4.69) is 52.5 Å². The first kappa shape index (κ1) is 65.2. The van der Waals surface area contributed by atoms with Gasteiger partial charge in [-0.3, -0.25) is 43.2 Å². The molecule has 24 heteroatoms. The molecule has 76 heavy (non-hydrogen) atoms. The number of carboxylic acid groups (broad SMARTS) is 2. The van der Waals surface area contributed by atoms with E-state index in [4.69, 9.17) is 11.5 Å². The summed E-state index contributed by atoms with van der Waals surface area (Å²) in [6.07, 6.45) is 3.59. The first-order valence-corrected chi connectivity index (χ1v) is 26.1. The number of imidazole rings is 1. The number of carboxylic acids is 2. The number of hydrogen-bond acceptors (Lipinski definition) is 13. The Bertz CT molecular complexity index is 2210. The maximum absolute atomic E-state index is 14.3. The van der Waals surface area contributed by atoms with E-state index >= 15 is 0 Å². The zero-order valence-electron chi connectivity index (χ0n) is 45.4. The molecule has 9 atom stereocenters. The van der Waals surface area contributed by atoms with Crippen LogP contribution < -0.4 is 54.0 Å². The van der Waals surface area contributed by atoms with E-state index in [1.165, 1.54) is 19.4 Å². The highest BCUT2D eigenvalue weighted by molar-refractivity contribution is 5.98. The van der Waals surface area contributed by atoms with Gasteiger partial charge in [0.15, 0.2) is 0 Å². The van der Waals surface area contributed by atoms with Crippen LogP contribution in [0.2, 0.25) is 0 Å². The van der Waals surface area contributed by atoms with Crippen LogP contribution in [0.15, 0.2) is 42.9 Å². The fraction of sp³-hybridized carbons (Fsp3) is 0.635. The second-order valence-corrected chi connectivity index (χ2v) is 20.8. The monoisotopic (exact) mass is 1070 g/mol. The second-order valence-electron chi connectivity index (χ2n) is 20.8. The molecule has 1 heterocycles. The van der Waals surface area contributed by atoms with Gasteiger partial charge in [0.25, 0.3) is 0 Å². The number of carbonyl (C=O) groups excluding carboxylic acids is 8. The van der Waals surface area contributed by atoms with Crippen molar-refractivity contribution in [1.29, 1.82) is 0 Å². The number of amides is 8. The third-order valence-corrected chi connectivity index (χ3v) is 12.1. The molecule has 8 amide bonds. The number of nitrogens with zero attached hydrogens (tertiary/aromatic N) is 1. The first-order valence-electron chi connectivity index (χ1n) is 26.1. The molecule has 24 nitrogen and oxygen atoms in total. The predicted octanol–water partition coefficient (Wildman–Crippen LogP) is 0.293. The number of hydrogen-bond donors (Lipinski definition) is 13. The zero-order valence-corrected chi connectivity index (χ0v) is 45.4. The maximum atomic E-state index is 14.3. The Labute approximate surface area is 445 Å². The molecule has 0 saturated heterocycles. The van der Waals surface area contributed by atoms with Gasteiger partial charge >= 0.3 is 11.9 Å². The highest BCUT2D eigenvalue weighted by Gasteiger charge is 2.36. The summed E-state index contributed by atoms with van der Waals surface area (Å²) >= 11 is 0. The summed E-state index contributed by atoms with van der Waals surface area (Å²) in [7, 11) is 0. The minimum absolute atomic E-state index is 0.0192. The number of nitrogens with one attached hydrogen (secondary N) is 9. The number of benzene rings is 1. The zero-order chi connectivity index (χ0) is 57.2. The molecule has 0 unspecified atom stereocenters. The Morgan fingerprint density at radius 3 is 1.53 bits per heavy atom. The Kier molecular flexibility index (Phi) is 28.4. The smallest absolute Gasteiger partial charge is 0.326 e. The van der Waals surface area contributed by atoms with E-state index in [0.717, 1.165) is 0 Å². The molecule has 2 aromatic rings. The molecule has 0 bridgehead atoms. The Morgan fingerprint density at radius 1 is 0.539 bits per heavy atom. The van der Waals surface area contributed by atoms with E-state index < -0.39 is 132 Å². The highest BCUT2D eigenvalue weighted by Crippen LogP contribution is 2.14. The molecule has 0 aliphatic carbocycles. The van der Waals surface area contributed by atoms with Gasteiger partial charge in [0.2, 0.25) is 47.3 Å². The lowest BCUT2D eigenvalue weighted by Crippen LogP contribution is -2.61. The van der Waals surface area contributed by atoms with Crippen LogP contribution in [0, 0.1) is 23.7 Å². The third kappa shape index (κ3) is 24.2. The standard InChI is InChI=1S/C52H84N12O12/c1-28(2)21-37(59-45(68)35(54)17-13-14-20-53)47(70)57-32(9)44(67)58-36(18-19-42(65)66)46(69)60-38(22-29(3)4)50(73)64-43(31(7)8)51(74)62-40(25-34-26-55-27-56-34)49(72)61-39(24-33-15-11-10-12-16-33)48(71)63-41(52(75)76)23-30(5)6/h10-12,15-16,26-32,35-41,43H,13-14,17-25,53-54H2,1-9H3,(H,55,56)(H,57,70)(H,58,67)(H,59,68)(H,60,69)(H,61,72)(H,62,74)(H,63,71)(H,64,73)(H,65,66)(H,75,76)/t32-,35-,36-,37-,38-,39-,40-,41-,43-/m0/s1. The molecule has 15 N–H and O–H groups in total. The second kappa shape index (κ2) is 33.2. The normalized spacial score (nSPS) is 14.9. The van der Waals surface area contributed by atoms with Crippen molar-refractivity contribution in [2.75, 3.05) is 6.54 Å². The fourth-order valence-electron chi connectivity index (χ4n) is 7.98. The molecule has 424 valence electrons. The lowest BCUT2D eigenvalue weighted by molar-refractivity contribution is -0.143. The number of nitrogens with two attached hydrogens (primary N) is 2. The molecule has 0 aliphatic heterocycles. The van der Waals surface area contributed by atoms with E-state index in [1.807, 2.05) is 13.8 Å².